The molecule has 3 nitrogen and oxygen atoms in total. The van der Waals surface area contributed by atoms with Gasteiger partial charge in [0, 0.05) is 6.54 Å². The maximum atomic E-state index is 9.27. The highest BCUT2D eigenvalue weighted by Gasteiger charge is 2.21. The monoisotopic (exact) mass is 154 g/mol. The van der Waals surface area contributed by atoms with Gasteiger partial charge in [-0.2, -0.15) is 5.26 Å². The highest BCUT2D eigenvalue weighted by Crippen LogP contribution is 2.11. The van der Waals surface area contributed by atoms with Gasteiger partial charge in [0.15, 0.2) is 0 Å². The average Bonchev–Trinajstić information content (AvgIpc) is 2.03. The summed E-state index contributed by atoms with van der Waals surface area (Å²) in [5, 5.41) is 17.9. The summed E-state index contributed by atoms with van der Waals surface area (Å²) in [5.74, 6) is 0. The van der Waals surface area contributed by atoms with Crippen molar-refractivity contribution in [2.24, 2.45) is 0 Å². The van der Waals surface area contributed by atoms with Gasteiger partial charge in [0.25, 0.3) is 0 Å². The number of likely N-dealkylation sites (tertiary alicyclic amines) is 1. The molecule has 1 heterocycles. The van der Waals surface area contributed by atoms with Crippen molar-refractivity contribution in [1.82, 2.24) is 4.90 Å². The smallest absolute Gasteiger partial charge is 0.0950 e. The third-order valence-electron chi connectivity index (χ3n) is 2.16. The van der Waals surface area contributed by atoms with Crippen molar-refractivity contribution in [2.45, 2.75) is 31.9 Å². The van der Waals surface area contributed by atoms with Crippen LogP contribution in [0.1, 0.15) is 19.8 Å². The van der Waals surface area contributed by atoms with Gasteiger partial charge in [-0.1, -0.05) is 0 Å². The Morgan fingerprint density at radius 2 is 2.45 bits per heavy atom. The van der Waals surface area contributed by atoms with Gasteiger partial charge in [-0.25, -0.2) is 0 Å². The van der Waals surface area contributed by atoms with Crippen molar-refractivity contribution in [1.29, 1.82) is 5.26 Å². The van der Waals surface area contributed by atoms with E-state index in [0.29, 0.717) is 6.54 Å². The van der Waals surface area contributed by atoms with Crippen molar-refractivity contribution in [3.63, 3.8) is 0 Å². The van der Waals surface area contributed by atoms with Crippen molar-refractivity contribution >= 4 is 0 Å². The lowest BCUT2D eigenvalue weighted by atomic mass is 10.1. The normalized spacial score (nSPS) is 29.4. The van der Waals surface area contributed by atoms with Crippen LogP contribution < -0.4 is 0 Å². The minimum Gasteiger partial charge on any atom is -0.392 e. The van der Waals surface area contributed by atoms with Crippen LogP contribution in [0.15, 0.2) is 0 Å². The lowest BCUT2D eigenvalue weighted by molar-refractivity contribution is 0.0618. The fourth-order valence-electron chi connectivity index (χ4n) is 1.42. The first kappa shape index (κ1) is 8.51. The van der Waals surface area contributed by atoms with Crippen LogP contribution in [0.3, 0.4) is 0 Å². The number of β-amino-alcohol motifs (C(OH)–C–C–N with tert-alkyl or cyclic N) is 1. The molecule has 2 atom stereocenters. The number of hydrogen-bond acceptors (Lipinski definition) is 3. The molecule has 3 heteroatoms. The molecule has 11 heavy (non-hydrogen) atoms. The second kappa shape index (κ2) is 3.70. The van der Waals surface area contributed by atoms with E-state index in [1.807, 2.05) is 11.8 Å². The van der Waals surface area contributed by atoms with E-state index in [0.717, 1.165) is 19.4 Å². The lowest BCUT2D eigenvalue weighted by Crippen LogP contribution is -2.42. The maximum absolute atomic E-state index is 9.27. The maximum Gasteiger partial charge on any atom is 0.0950 e. The minimum atomic E-state index is -0.223. The Morgan fingerprint density at radius 3 is 3.00 bits per heavy atom. The molecule has 0 spiro atoms. The molecule has 0 aliphatic carbocycles. The Kier molecular flexibility index (Phi) is 2.86. The molecule has 1 rings (SSSR count). The number of aliphatic hydroxyl groups excluding tert-OH is 1. The van der Waals surface area contributed by atoms with Crippen LogP contribution in [0.2, 0.25) is 0 Å². The van der Waals surface area contributed by atoms with Gasteiger partial charge in [-0.3, -0.25) is 4.90 Å². The van der Waals surface area contributed by atoms with Gasteiger partial charge >= 0.3 is 0 Å². The van der Waals surface area contributed by atoms with E-state index in [1.165, 1.54) is 0 Å². The molecular formula is C8H14N2O. The molecule has 1 aliphatic rings. The van der Waals surface area contributed by atoms with Crippen LogP contribution in [-0.4, -0.2) is 35.2 Å². The zero-order chi connectivity index (χ0) is 8.27. The summed E-state index contributed by atoms with van der Waals surface area (Å²) in [6.07, 6.45) is 1.67. The Morgan fingerprint density at radius 1 is 1.73 bits per heavy atom. The van der Waals surface area contributed by atoms with E-state index in [1.54, 1.807) is 0 Å². The van der Waals surface area contributed by atoms with E-state index in [-0.39, 0.29) is 12.1 Å². The van der Waals surface area contributed by atoms with Crippen molar-refractivity contribution in [2.75, 3.05) is 13.1 Å². The third kappa shape index (κ3) is 2.18. The summed E-state index contributed by atoms with van der Waals surface area (Å²) < 4.78 is 0. The van der Waals surface area contributed by atoms with Gasteiger partial charge in [-0.05, 0) is 26.3 Å². The molecule has 0 radical (unpaired) electrons. The largest absolute Gasteiger partial charge is 0.392 e. The van der Waals surface area contributed by atoms with Crippen molar-refractivity contribution < 1.29 is 5.11 Å². The van der Waals surface area contributed by atoms with Gasteiger partial charge in [-0.15, -0.1) is 0 Å². The van der Waals surface area contributed by atoms with Gasteiger partial charge < -0.3 is 5.11 Å². The van der Waals surface area contributed by atoms with Crippen LogP contribution in [0.5, 0.6) is 0 Å². The van der Waals surface area contributed by atoms with Crippen LogP contribution in [0.4, 0.5) is 0 Å². The molecule has 1 aliphatic heterocycles. The zero-order valence-corrected chi connectivity index (χ0v) is 6.82. The molecular weight excluding hydrogens is 140 g/mol. The molecule has 2 unspecified atom stereocenters. The van der Waals surface area contributed by atoms with E-state index < -0.39 is 0 Å². The van der Waals surface area contributed by atoms with E-state index in [9.17, 15) is 5.11 Å². The standard InChI is InChI=1S/C8H14N2O/c1-7(5-9)10-4-2-3-8(11)6-10/h7-8,11H,2-4,6H2,1H3. The fraction of sp³-hybridized carbons (Fsp3) is 0.875. The first-order valence-electron chi connectivity index (χ1n) is 4.05. The predicted molar refractivity (Wildman–Crippen MR) is 41.9 cm³/mol. The molecule has 0 aromatic rings. The molecule has 1 N–H and O–H groups in total. The number of rotatable bonds is 1. The number of nitriles is 1. The minimum absolute atomic E-state index is 0.0510. The summed E-state index contributed by atoms with van der Waals surface area (Å²) in [6, 6.07) is 2.12. The molecule has 0 aromatic carbocycles. The fourth-order valence-corrected chi connectivity index (χ4v) is 1.42. The van der Waals surface area contributed by atoms with E-state index >= 15 is 0 Å². The lowest BCUT2D eigenvalue weighted by Gasteiger charge is -2.31. The topological polar surface area (TPSA) is 47.3 Å². The highest BCUT2D eigenvalue weighted by atomic mass is 16.3. The predicted octanol–water partition coefficient (Wildman–Crippen LogP) is 0.355. The number of aliphatic hydroxyl groups is 1. The van der Waals surface area contributed by atoms with Crippen LogP contribution in [0.25, 0.3) is 0 Å². The second-order valence-corrected chi connectivity index (χ2v) is 3.10. The third-order valence-corrected chi connectivity index (χ3v) is 2.16. The van der Waals surface area contributed by atoms with Gasteiger partial charge in [0.05, 0.1) is 18.2 Å². The Labute approximate surface area is 67.2 Å². The Hall–Kier alpha value is -0.590. The summed E-state index contributed by atoms with van der Waals surface area (Å²) in [4.78, 5) is 2.02. The molecule has 0 bridgehead atoms. The number of nitrogens with zero attached hydrogens (tertiary/aromatic N) is 2. The molecule has 1 saturated heterocycles. The van der Waals surface area contributed by atoms with E-state index in [4.69, 9.17) is 5.26 Å². The quantitative estimate of drug-likeness (QED) is 0.593. The average molecular weight is 154 g/mol. The van der Waals surface area contributed by atoms with Crippen LogP contribution in [-0.2, 0) is 0 Å². The second-order valence-electron chi connectivity index (χ2n) is 3.10. The summed E-state index contributed by atoms with van der Waals surface area (Å²) in [5.41, 5.74) is 0. The molecule has 62 valence electrons. The first-order chi connectivity index (χ1) is 5.24. The number of hydrogen-bond donors (Lipinski definition) is 1. The zero-order valence-electron chi connectivity index (χ0n) is 6.82. The van der Waals surface area contributed by atoms with Crippen molar-refractivity contribution in [3.05, 3.63) is 0 Å². The van der Waals surface area contributed by atoms with Crippen molar-refractivity contribution in [3.8, 4) is 6.07 Å². The number of piperidine rings is 1. The van der Waals surface area contributed by atoms with E-state index in [2.05, 4.69) is 6.07 Å². The Balaban J connectivity index is 2.40. The van der Waals surface area contributed by atoms with Gasteiger partial charge in [0.1, 0.15) is 0 Å². The first-order valence-corrected chi connectivity index (χ1v) is 4.05. The summed E-state index contributed by atoms with van der Waals surface area (Å²) in [7, 11) is 0. The molecule has 0 amide bonds. The molecule has 0 saturated carbocycles. The Bertz CT molecular complexity index is 164. The highest BCUT2D eigenvalue weighted by molar-refractivity contribution is 4.90. The SMILES string of the molecule is CC(C#N)N1CCCC(O)C1. The molecule has 1 fully saturated rings. The van der Waals surface area contributed by atoms with Crippen LogP contribution in [0, 0.1) is 11.3 Å². The van der Waals surface area contributed by atoms with Crippen LogP contribution >= 0.6 is 0 Å². The van der Waals surface area contributed by atoms with Gasteiger partial charge in [0.2, 0.25) is 0 Å². The summed E-state index contributed by atoms with van der Waals surface area (Å²) >= 11 is 0. The summed E-state index contributed by atoms with van der Waals surface area (Å²) in [6.45, 7) is 3.48. The molecule has 0 aromatic heterocycles.